The van der Waals surface area contributed by atoms with Crippen LogP contribution in [0.5, 0.6) is 0 Å². The molecule has 21 heavy (non-hydrogen) atoms. The van der Waals surface area contributed by atoms with Gasteiger partial charge in [-0.25, -0.2) is 0 Å². The summed E-state index contributed by atoms with van der Waals surface area (Å²) >= 11 is 0. The molecule has 1 aromatic heterocycles. The Labute approximate surface area is 127 Å². The van der Waals surface area contributed by atoms with Crippen molar-refractivity contribution in [1.29, 1.82) is 0 Å². The third kappa shape index (κ3) is 6.23. The zero-order chi connectivity index (χ0) is 15.8. The van der Waals surface area contributed by atoms with Gasteiger partial charge in [0.15, 0.2) is 0 Å². The van der Waals surface area contributed by atoms with E-state index in [0.717, 1.165) is 24.5 Å². The maximum absolute atomic E-state index is 11.9. The second kappa shape index (κ2) is 8.74. The predicted octanol–water partition coefficient (Wildman–Crippen LogP) is 1.45. The molecule has 0 fully saturated rings. The van der Waals surface area contributed by atoms with E-state index in [0.29, 0.717) is 13.0 Å². The van der Waals surface area contributed by atoms with Crippen LogP contribution in [0.2, 0.25) is 0 Å². The van der Waals surface area contributed by atoms with E-state index in [1.54, 1.807) is 0 Å². The summed E-state index contributed by atoms with van der Waals surface area (Å²) in [4.78, 5) is 18.7. The van der Waals surface area contributed by atoms with Gasteiger partial charge in [-0.3, -0.25) is 14.7 Å². The van der Waals surface area contributed by atoms with E-state index in [-0.39, 0.29) is 18.0 Å². The summed E-state index contributed by atoms with van der Waals surface area (Å²) in [6.07, 6.45) is 0.425. The molecule has 0 spiro atoms. The van der Waals surface area contributed by atoms with Crippen molar-refractivity contribution < 1.29 is 4.79 Å². The molecule has 5 heteroatoms. The average molecular weight is 292 g/mol. The largest absolute Gasteiger partial charge is 0.354 e. The third-order valence-corrected chi connectivity index (χ3v) is 3.38. The highest BCUT2D eigenvalue weighted by atomic mass is 16.1. The van der Waals surface area contributed by atoms with Gasteiger partial charge in [-0.05, 0) is 39.4 Å². The van der Waals surface area contributed by atoms with Crippen LogP contribution in [0.1, 0.15) is 38.6 Å². The van der Waals surface area contributed by atoms with Gasteiger partial charge in [-0.1, -0.05) is 13.0 Å². The van der Waals surface area contributed by atoms with Crippen LogP contribution in [0.4, 0.5) is 0 Å². The second-order valence-electron chi connectivity index (χ2n) is 5.65. The van der Waals surface area contributed by atoms with Gasteiger partial charge in [-0.2, -0.15) is 0 Å². The summed E-state index contributed by atoms with van der Waals surface area (Å²) in [6.45, 7) is 10.0. The van der Waals surface area contributed by atoms with Gasteiger partial charge in [0.25, 0.3) is 0 Å². The minimum absolute atomic E-state index is 0.0380. The Balaban J connectivity index is 2.69. The Morgan fingerprint density at radius 1 is 1.43 bits per heavy atom. The molecule has 1 aromatic rings. The van der Waals surface area contributed by atoms with E-state index in [1.807, 2.05) is 39.0 Å². The van der Waals surface area contributed by atoms with E-state index in [2.05, 4.69) is 22.1 Å². The molecule has 1 heterocycles. The quantitative estimate of drug-likeness (QED) is 0.761. The molecule has 1 atom stereocenters. The molecule has 0 aliphatic carbocycles. The summed E-state index contributed by atoms with van der Waals surface area (Å²) in [7, 11) is 0. The van der Waals surface area contributed by atoms with Crippen molar-refractivity contribution in [2.24, 2.45) is 5.73 Å². The van der Waals surface area contributed by atoms with Crippen molar-refractivity contribution in [3.63, 3.8) is 0 Å². The Bertz CT molecular complexity index is 448. The van der Waals surface area contributed by atoms with Gasteiger partial charge in [0.1, 0.15) is 0 Å². The van der Waals surface area contributed by atoms with Crippen LogP contribution in [-0.2, 0) is 11.3 Å². The highest BCUT2D eigenvalue weighted by Crippen LogP contribution is 2.09. The number of hydrogen-bond donors (Lipinski definition) is 2. The summed E-state index contributed by atoms with van der Waals surface area (Å²) < 4.78 is 0. The maximum atomic E-state index is 11.9. The zero-order valence-corrected chi connectivity index (χ0v) is 13.6. The fourth-order valence-electron chi connectivity index (χ4n) is 2.35. The number of nitrogens with zero attached hydrogens (tertiary/aromatic N) is 2. The SMILES string of the molecule is CCN(Cc1cccc(C)n1)C(CN)CC(=O)NC(C)C. The zero-order valence-electron chi connectivity index (χ0n) is 13.6. The van der Waals surface area contributed by atoms with E-state index >= 15 is 0 Å². The molecule has 0 aliphatic rings. The molecule has 1 unspecified atom stereocenters. The van der Waals surface area contributed by atoms with E-state index in [9.17, 15) is 4.79 Å². The lowest BCUT2D eigenvalue weighted by atomic mass is 10.1. The van der Waals surface area contributed by atoms with Gasteiger partial charge in [0.05, 0.1) is 5.69 Å². The Kier molecular flexibility index (Phi) is 7.32. The number of rotatable bonds is 8. The van der Waals surface area contributed by atoms with E-state index in [1.165, 1.54) is 0 Å². The summed E-state index contributed by atoms with van der Waals surface area (Å²) in [6, 6.07) is 6.20. The van der Waals surface area contributed by atoms with Crippen LogP contribution in [0.15, 0.2) is 18.2 Å². The number of aromatic nitrogens is 1. The van der Waals surface area contributed by atoms with Crippen LogP contribution in [-0.4, -0.2) is 41.0 Å². The van der Waals surface area contributed by atoms with Gasteiger partial charge in [-0.15, -0.1) is 0 Å². The summed E-state index contributed by atoms with van der Waals surface area (Å²) in [5.74, 6) is 0.0519. The highest BCUT2D eigenvalue weighted by Gasteiger charge is 2.20. The number of likely N-dealkylation sites (N-methyl/N-ethyl adjacent to an activating group) is 1. The van der Waals surface area contributed by atoms with Crippen molar-refractivity contribution >= 4 is 5.91 Å². The highest BCUT2D eigenvalue weighted by molar-refractivity contribution is 5.76. The fourth-order valence-corrected chi connectivity index (χ4v) is 2.35. The number of nitrogens with one attached hydrogen (secondary N) is 1. The molecule has 5 nitrogen and oxygen atoms in total. The fraction of sp³-hybridized carbons (Fsp3) is 0.625. The van der Waals surface area contributed by atoms with Crippen molar-refractivity contribution in [2.75, 3.05) is 13.1 Å². The molecular weight excluding hydrogens is 264 g/mol. The topological polar surface area (TPSA) is 71.2 Å². The van der Waals surface area contributed by atoms with Gasteiger partial charge in [0, 0.05) is 37.3 Å². The number of pyridine rings is 1. The number of carbonyl (C=O) groups is 1. The van der Waals surface area contributed by atoms with E-state index < -0.39 is 0 Å². The van der Waals surface area contributed by atoms with Gasteiger partial charge in [0.2, 0.25) is 5.91 Å². The molecule has 118 valence electrons. The molecule has 0 saturated heterocycles. The molecule has 1 amide bonds. The number of aryl methyl sites for hydroxylation is 1. The monoisotopic (exact) mass is 292 g/mol. The molecule has 1 rings (SSSR count). The van der Waals surface area contributed by atoms with Crippen molar-refractivity contribution in [3.8, 4) is 0 Å². The molecule has 0 bridgehead atoms. The molecule has 0 saturated carbocycles. The number of amides is 1. The van der Waals surface area contributed by atoms with Crippen LogP contribution in [0.3, 0.4) is 0 Å². The average Bonchev–Trinajstić information content (AvgIpc) is 2.41. The molecular formula is C16H28N4O. The van der Waals surface area contributed by atoms with Crippen molar-refractivity contribution in [3.05, 3.63) is 29.6 Å². The number of carbonyl (C=O) groups excluding carboxylic acids is 1. The smallest absolute Gasteiger partial charge is 0.221 e. The molecule has 0 radical (unpaired) electrons. The Hall–Kier alpha value is -1.46. The Morgan fingerprint density at radius 2 is 2.14 bits per heavy atom. The summed E-state index contributed by atoms with van der Waals surface area (Å²) in [5, 5.41) is 2.92. The maximum Gasteiger partial charge on any atom is 0.221 e. The minimum Gasteiger partial charge on any atom is -0.354 e. The van der Waals surface area contributed by atoms with Crippen LogP contribution in [0.25, 0.3) is 0 Å². The molecule has 3 N–H and O–H groups in total. The third-order valence-electron chi connectivity index (χ3n) is 3.38. The summed E-state index contributed by atoms with van der Waals surface area (Å²) in [5.41, 5.74) is 7.89. The first kappa shape index (κ1) is 17.6. The molecule has 0 aliphatic heterocycles. The lowest BCUT2D eigenvalue weighted by Gasteiger charge is -2.29. The number of hydrogen-bond acceptors (Lipinski definition) is 4. The first-order valence-corrected chi connectivity index (χ1v) is 7.62. The van der Waals surface area contributed by atoms with Crippen molar-refractivity contribution in [2.45, 2.75) is 52.7 Å². The second-order valence-corrected chi connectivity index (χ2v) is 5.65. The minimum atomic E-state index is 0.0380. The standard InChI is InChI=1S/C16H28N4O/c1-5-20(11-14-8-6-7-13(4)19-14)15(10-17)9-16(21)18-12(2)3/h6-8,12,15H,5,9-11,17H2,1-4H3,(H,18,21). The first-order valence-electron chi connectivity index (χ1n) is 7.62. The van der Waals surface area contributed by atoms with E-state index in [4.69, 9.17) is 5.73 Å². The van der Waals surface area contributed by atoms with Crippen LogP contribution < -0.4 is 11.1 Å². The van der Waals surface area contributed by atoms with Crippen molar-refractivity contribution in [1.82, 2.24) is 15.2 Å². The normalized spacial score (nSPS) is 12.7. The van der Waals surface area contributed by atoms with Crippen LogP contribution in [0, 0.1) is 6.92 Å². The molecule has 0 aromatic carbocycles. The first-order chi connectivity index (χ1) is 9.96. The number of nitrogens with two attached hydrogens (primary N) is 1. The van der Waals surface area contributed by atoms with Crippen LogP contribution >= 0.6 is 0 Å². The van der Waals surface area contributed by atoms with Gasteiger partial charge < -0.3 is 11.1 Å². The lowest BCUT2D eigenvalue weighted by molar-refractivity contribution is -0.122. The van der Waals surface area contributed by atoms with Gasteiger partial charge >= 0.3 is 0 Å². The Morgan fingerprint density at radius 3 is 2.67 bits per heavy atom. The predicted molar refractivity (Wildman–Crippen MR) is 85.8 cm³/mol. The lowest BCUT2D eigenvalue weighted by Crippen LogP contribution is -2.44.